The molecule has 1 heterocycles. The first-order valence-electron chi connectivity index (χ1n) is 7.76. The average molecular weight is 316 g/mol. The van der Waals surface area contributed by atoms with Gasteiger partial charge in [-0.3, -0.25) is 0 Å². The quantitative estimate of drug-likeness (QED) is 0.889. The van der Waals surface area contributed by atoms with Crippen LogP contribution in [0.3, 0.4) is 0 Å². The minimum Gasteiger partial charge on any atom is -0.337 e. The standard InChI is InChI=1S/C17H21FN4O/c1-12-3-4-15(14(18)9-12)21-16(23)20-10-17(5-6-17)11-22-8-7-19-13(22)2/h3-4,7-9H,5-6,10-11H2,1-2H3,(H2,20,21,23). The molecule has 1 aromatic carbocycles. The van der Waals surface area contributed by atoms with Crippen LogP contribution in [0.5, 0.6) is 0 Å². The first kappa shape index (κ1) is 15.5. The Kier molecular flexibility index (Phi) is 4.07. The van der Waals surface area contributed by atoms with Gasteiger partial charge < -0.3 is 15.2 Å². The minimum atomic E-state index is -0.421. The molecular weight excluding hydrogens is 295 g/mol. The van der Waals surface area contributed by atoms with E-state index in [1.165, 1.54) is 6.07 Å². The van der Waals surface area contributed by atoms with Crippen LogP contribution in [0.1, 0.15) is 24.2 Å². The molecule has 1 aromatic heterocycles. The predicted molar refractivity (Wildman–Crippen MR) is 86.8 cm³/mol. The zero-order valence-electron chi connectivity index (χ0n) is 13.4. The molecule has 0 unspecified atom stereocenters. The number of aryl methyl sites for hydroxylation is 2. The highest BCUT2D eigenvalue weighted by molar-refractivity contribution is 5.89. The first-order valence-corrected chi connectivity index (χ1v) is 7.76. The van der Waals surface area contributed by atoms with Crippen molar-refractivity contribution in [3.8, 4) is 0 Å². The maximum absolute atomic E-state index is 13.7. The summed E-state index contributed by atoms with van der Waals surface area (Å²) in [5.74, 6) is 0.553. The van der Waals surface area contributed by atoms with Crippen LogP contribution in [0.15, 0.2) is 30.6 Å². The van der Waals surface area contributed by atoms with E-state index in [1.807, 2.05) is 20.0 Å². The monoisotopic (exact) mass is 316 g/mol. The number of urea groups is 1. The first-order chi connectivity index (χ1) is 11.0. The van der Waals surface area contributed by atoms with E-state index in [1.54, 1.807) is 18.3 Å². The van der Waals surface area contributed by atoms with Crippen LogP contribution in [-0.4, -0.2) is 22.1 Å². The van der Waals surface area contributed by atoms with Crippen molar-refractivity contribution in [1.29, 1.82) is 0 Å². The topological polar surface area (TPSA) is 59.0 Å². The van der Waals surface area contributed by atoms with Crippen molar-refractivity contribution in [2.45, 2.75) is 33.2 Å². The molecule has 0 radical (unpaired) electrons. The Morgan fingerprint density at radius 2 is 2.17 bits per heavy atom. The lowest BCUT2D eigenvalue weighted by atomic mass is 10.1. The lowest BCUT2D eigenvalue weighted by Gasteiger charge is -2.18. The fraction of sp³-hybridized carbons (Fsp3) is 0.412. The van der Waals surface area contributed by atoms with Gasteiger partial charge in [0.2, 0.25) is 0 Å². The normalized spacial score (nSPS) is 15.3. The Balaban J connectivity index is 1.54. The van der Waals surface area contributed by atoms with E-state index in [-0.39, 0.29) is 17.1 Å². The third-order valence-corrected chi connectivity index (χ3v) is 4.38. The summed E-state index contributed by atoms with van der Waals surface area (Å²) in [6.07, 6.45) is 5.89. The Hall–Kier alpha value is -2.37. The molecule has 3 rings (SSSR count). The molecule has 1 fully saturated rings. The third-order valence-electron chi connectivity index (χ3n) is 4.38. The molecule has 5 nitrogen and oxygen atoms in total. The number of aromatic nitrogens is 2. The Morgan fingerprint density at radius 3 is 2.78 bits per heavy atom. The van der Waals surface area contributed by atoms with Crippen LogP contribution in [-0.2, 0) is 6.54 Å². The van der Waals surface area contributed by atoms with Gasteiger partial charge in [0.25, 0.3) is 0 Å². The summed E-state index contributed by atoms with van der Waals surface area (Å²) in [5, 5.41) is 5.42. The van der Waals surface area contributed by atoms with Crippen molar-refractivity contribution >= 4 is 11.7 Å². The third kappa shape index (κ3) is 3.70. The van der Waals surface area contributed by atoms with Gasteiger partial charge in [-0.05, 0) is 44.4 Å². The summed E-state index contributed by atoms with van der Waals surface area (Å²) in [7, 11) is 0. The van der Waals surface area contributed by atoms with Crippen LogP contribution in [0.4, 0.5) is 14.9 Å². The van der Waals surface area contributed by atoms with Gasteiger partial charge in [0.1, 0.15) is 11.6 Å². The second-order valence-electron chi connectivity index (χ2n) is 6.39. The number of hydrogen-bond donors (Lipinski definition) is 2. The van der Waals surface area contributed by atoms with Crippen LogP contribution in [0.25, 0.3) is 0 Å². The smallest absolute Gasteiger partial charge is 0.319 e. The van der Waals surface area contributed by atoms with Gasteiger partial charge in [-0.2, -0.15) is 0 Å². The number of anilines is 1. The predicted octanol–water partition coefficient (Wildman–Crippen LogP) is 3.24. The maximum Gasteiger partial charge on any atom is 0.319 e. The highest BCUT2D eigenvalue weighted by Crippen LogP contribution is 2.46. The van der Waals surface area contributed by atoms with Gasteiger partial charge in [-0.25, -0.2) is 14.2 Å². The van der Waals surface area contributed by atoms with E-state index in [0.717, 1.165) is 30.8 Å². The van der Waals surface area contributed by atoms with Crippen molar-refractivity contribution in [2.75, 3.05) is 11.9 Å². The fourth-order valence-corrected chi connectivity index (χ4v) is 2.66. The number of nitrogens with one attached hydrogen (secondary N) is 2. The van der Waals surface area contributed by atoms with E-state index < -0.39 is 5.82 Å². The lowest BCUT2D eigenvalue weighted by Crippen LogP contribution is -2.35. The zero-order valence-corrected chi connectivity index (χ0v) is 13.4. The Labute approximate surface area is 134 Å². The molecule has 1 aliphatic carbocycles. The van der Waals surface area contributed by atoms with Gasteiger partial charge in [-0.1, -0.05) is 6.07 Å². The van der Waals surface area contributed by atoms with Crippen molar-refractivity contribution in [3.63, 3.8) is 0 Å². The number of benzene rings is 1. The number of nitrogens with zero attached hydrogens (tertiary/aromatic N) is 2. The highest BCUT2D eigenvalue weighted by Gasteiger charge is 2.43. The number of amides is 2. The zero-order chi connectivity index (χ0) is 16.4. The summed E-state index contributed by atoms with van der Waals surface area (Å²) in [6.45, 7) is 5.19. The number of hydrogen-bond acceptors (Lipinski definition) is 2. The molecule has 6 heteroatoms. The van der Waals surface area contributed by atoms with E-state index in [9.17, 15) is 9.18 Å². The van der Waals surface area contributed by atoms with Crippen molar-refractivity contribution < 1.29 is 9.18 Å². The fourth-order valence-electron chi connectivity index (χ4n) is 2.66. The van der Waals surface area contributed by atoms with Crippen LogP contribution in [0.2, 0.25) is 0 Å². The van der Waals surface area contributed by atoms with Crippen LogP contribution in [0, 0.1) is 25.1 Å². The summed E-state index contributed by atoms with van der Waals surface area (Å²) in [4.78, 5) is 16.2. The summed E-state index contributed by atoms with van der Waals surface area (Å²) >= 11 is 0. The van der Waals surface area contributed by atoms with Gasteiger partial charge in [-0.15, -0.1) is 0 Å². The molecule has 2 amide bonds. The van der Waals surface area contributed by atoms with E-state index in [0.29, 0.717) is 6.54 Å². The lowest BCUT2D eigenvalue weighted by molar-refractivity contribution is 0.248. The Morgan fingerprint density at radius 1 is 1.39 bits per heavy atom. The van der Waals surface area contributed by atoms with E-state index >= 15 is 0 Å². The van der Waals surface area contributed by atoms with Gasteiger partial charge >= 0.3 is 6.03 Å². The van der Waals surface area contributed by atoms with Crippen LogP contribution >= 0.6 is 0 Å². The van der Waals surface area contributed by atoms with E-state index in [4.69, 9.17) is 0 Å². The number of halogens is 1. The molecule has 1 aliphatic rings. The molecular formula is C17H21FN4O. The highest BCUT2D eigenvalue weighted by atomic mass is 19.1. The minimum absolute atomic E-state index is 0.0919. The SMILES string of the molecule is Cc1ccc(NC(=O)NCC2(Cn3ccnc3C)CC2)c(F)c1. The number of imidazole rings is 1. The maximum atomic E-state index is 13.7. The number of carbonyl (C=O) groups excluding carboxylic acids is 1. The summed E-state index contributed by atoms with van der Waals surface area (Å²) < 4.78 is 15.8. The van der Waals surface area contributed by atoms with Crippen molar-refractivity contribution in [2.24, 2.45) is 5.41 Å². The molecule has 1 saturated carbocycles. The largest absolute Gasteiger partial charge is 0.337 e. The van der Waals surface area contributed by atoms with Crippen LogP contribution < -0.4 is 10.6 Å². The number of rotatable bonds is 5. The van der Waals surface area contributed by atoms with E-state index in [2.05, 4.69) is 20.2 Å². The molecule has 0 spiro atoms. The second-order valence-corrected chi connectivity index (χ2v) is 6.39. The Bertz CT molecular complexity index is 721. The van der Waals surface area contributed by atoms with Gasteiger partial charge in [0.15, 0.2) is 0 Å². The molecule has 2 aromatic rings. The van der Waals surface area contributed by atoms with Gasteiger partial charge in [0, 0.05) is 30.9 Å². The molecule has 2 N–H and O–H groups in total. The molecule has 0 aliphatic heterocycles. The molecule has 0 saturated heterocycles. The van der Waals surface area contributed by atoms with Crippen molar-refractivity contribution in [3.05, 3.63) is 47.8 Å². The molecule has 122 valence electrons. The van der Waals surface area contributed by atoms with Crippen molar-refractivity contribution in [1.82, 2.24) is 14.9 Å². The number of carbonyl (C=O) groups is 1. The second kappa shape index (κ2) is 6.02. The molecule has 23 heavy (non-hydrogen) atoms. The summed E-state index contributed by atoms with van der Waals surface area (Å²) in [6, 6.07) is 4.37. The average Bonchev–Trinajstić information content (AvgIpc) is 3.16. The molecule has 0 atom stereocenters. The molecule has 0 bridgehead atoms. The van der Waals surface area contributed by atoms with Gasteiger partial charge in [0.05, 0.1) is 5.69 Å². The summed E-state index contributed by atoms with van der Waals surface area (Å²) in [5.41, 5.74) is 1.11.